The summed E-state index contributed by atoms with van der Waals surface area (Å²) >= 11 is 0. The van der Waals surface area contributed by atoms with Gasteiger partial charge in [-0.25, -0.2) is 0 Å². The van der Waals surface area contributed by atoms with Crippen LogP contribution in [0.3, 0.4) is 0 Å². The first-order valence-electron chi connectivity index (χ1n) is 12.0. The number of ketones is 1. The van der Waals surface area contributed by atoms with E-state index in [1.807, 2.05) is 66.7 Å². The Balaban J connectivity index is 1.49. The van der Waals surface area contributed by atoms with Gasteiger partial charge in [-0.2, -0.15) is 0 Å². The molecular weight excluding hydrogens is 448 g/mol. The molecule has 0 aliphatic carbocycles. The molecule has 0 unspecified atom stereocenters. The van der Waals surface area contributed by atoms with Crippen molar-refractivity contribution in [3.63, 3.8) is 0 Å². The Labute approximate surface area is 211 Å². The van der Waals surface area contributed by atoms with Crippen LogP contribution in [0.5, 0.6) is 0 Å². The van der Waals surface area contributed by atoms with Crippen molar-refractivity contribution in [3.05, 3.63) is 131 Å². The lowest BCUT2D eigenvalue weighted by atomic mass is 10.0. The molecule has 0 bridgehead atoms. The number of carbonyl (C=O) groups is 3. The first-order chi connectivity index (χ1) is 17.6. The zero-order valence-corrected chi connectivity index (χ0v) is 19.9. The molecule has 0 heterocycles. The average molecular weight is 477 g/mol. The number of hydrogen-bond acceptors (Lipinski definition) is 3. The molecule has 0 atom stereocenters. The minimum absolute atomic E-state index is 0.155. The van der Waals surface area contributed by atoms with Gasteiger partial charge in [0.1, 0.15) is 0 Å². The summed E-state index contributed by atoms with van der Waals surface area (Å²) in [6.07, 6.45) is 1.78. The molecule has 4 aromatic carbocycles. The Hall–Kier alpha value is -4.51. The van der Waals surface area contributed by atoms with Crippen LogP contribution in [0.15, 0.2) is 109 Å². The third-order valence-electron chi connectivity index (χ3n) is 5.83. The fraction of sp³-hybridized carbons (Fsp3) is 0.129. The quantitative estimate of drug-likeness (QED) is 0.273. The highest BCUT2D eigenvalue weighted by molar-refractivity contribution is 6.11. The van der Waals surface area contributed by atoms with Crippen LogP contribution in [0, 0.1) is 0 Å². The largest absolute Gasteiger partial charge is 0.324 e. The summed E-state index contributed by atoms with van der Waals surface area (Å²) in [7, 11) is 0. The first kappa shape index (κ1) is 24.6. The normalized spacial score (nSPS) is 10.4. The predicted molar refractivity (Wildman–Crippen MR) is 143 cm³/mol. The molecule has 2 N–H and O–H groups in total. The molecule has 4 rings (SSSR count). The van der Waals surface area contributed by atoms with Crippen molar-refractivity contribution in [2.24, 2.45) is 0 Å². The molecule has 0 aliphatic heterocycles. The maximum atomic E-state index is 13.0. The standard InChI is InChI=1S/C31H28N2O3/c34-29(20-16-23-10-4-1-5-11-23)32-27-19-18-26(31(36)25-14-8-3-9-15-25)22-28(27)33-30(35)21-17-24-12-6-2-7-13-24/h1-15,18-19,22H,16-17,20-21H2,(H,32,34)(H,33,35). The summed E-state index contributed by atoms with van der Waals surface area (Å²) in [6.45, 7) is 0. The van der Waals surface area contributed by atoms with Gasteiger partial charge >= 0.3 is 0 Å². The number of carbonyl (C=O) groups excluding carboxylic acids is 3. The topological polar surface area (TPSA) is 75.3 Å². The van der Waals surface area contributed by atoms with Gasteiger partial charge in [-0.3, -0.25) is 14.4 Å². The molecule has 0 aromatic heterocycles. The van der Waals surface area contributed by atoms with Crippen LogP contribution in [0.2, 0.25) is 0 Å². The second-order valence-electron chi connectivity index (χ2n) is 8.52. The van der Waals surface area contributed by atoms with Crippen molar-refractivity contribution in [1.29, 1.82) is 0 Å². The van der Waals surface area contributed by atoms with E-state index in [1.165, 1.54) is 0 Å². The lowest BCUT2D eigenvalue weighted by Crippen LogP contribution is -2.18. The minimum atomic E-state index is -0.192. The fourth-order valence-corrected chi connectivity index (χ4v) is 3.88. The van der Waals surface area contributed by atoms with Crippen LogP contribution in [0.1, 0.15) is 39.9 Å². The van der Waals surface area contributed by atoms with Crippen molar-refractivity contribution >= 4 is 29.0 Å². The van der Waals surface area contributed by atoms with Crippen LogP contribution in [-0.2, 0) is 22.4 Å². The summed E-state index contributed by atoms with van der Waals surface area (Å²) in [5, 5.41) is 5.80. The maximum absolute atomic E-state index is 13.0. The molecule has 2 amide bonds. The van der Waals surface area contributed by atoms with Crippen molar-refractivity contribution in [3.8, 4) is 0 Å². The number of anilines is 2. The van der Waals surface area contributed by atoms with Crippen molar-refractivity contribution < 1.29 is 14.4 Å². The second-order valence-corrected chi connectivity index (χ2v) is 8.52. The van der Waals surface area contributed by atoms with E-state index in [-0.39, 0.29) is 24.0 Å². The molecule has 0 aliphatic rings. The highest BCUT2D eigenvalue weighted by Gasteiger charge is 2.15. The number of amides is 2. The summed E-state index contributed by atoms with van der Waals surface area (Å²) in [5.74, 6) is -0.513. The van der Waals surface area contributed by atoms with Gasteiger partial charge in [0.25, 0.3) is 0 Å². The lowest BCUT2D eigenvalue weighted by molar-refractivity contribution is -0.117. The van der Waals surface area contributed by atoms with Gasteiger partial charge in [0.15, 0.2) is 5.78 Å². The van der Waals surface area contributed by atoms with Crippen molar-refractivity contribution in [1.82, 2.24) is 0 Å². The van der Waals surface area contributed by atoms with E-state index < -0.39 is 0 Å². The van der Waals surface area contributed by atoms with E-state index in [2.05, 4.69) is 10.6 Å². The third-order valence-corrected chi connectivity index (χ3v) is 5.83. The van der Waals surface area contributed by atoms with Crippen molar-refractivity contribution in [2.45, 2.75) is 25.7 Å². The van der Waals surface area contributed by atoms with E-state index >= 15 is 0 Å². The molecule has 4 aromatic rings. The predicted octanol–water partition coefficient (Wildman–Crippen LogP) is 6.06. The lowest BCUT2D eigenvalue weighted by Gasteiger charge is -2.14. The molecule has 36 heavy (non-hydrogen) atoms. The van der Waals surface area contributed by atoms with Gasteiger partial charge in [-0.1, -0.05) is 91.0 Å². The number of aryl methyl sites for hydroxylation is 2. The van der Waals surface area contributed by atoms with Crippen LogP contribution in [0.4, 0.5) is 11.4 Å². The Morgan fingerprint density at radius 1 is 0.500 bits per heavy atom. The molecular formula is C31H28N2O3. The van der Waals surface area contributed by atoms with Gasteiger partial charge in [0.05, 0.1) is 11.4 Å². The smallest absolute Gasteiger partial charge is 0.224 e. The third kappa shape index (κ3) is 7.00. The first-order valence-corrected chi connectivity index (χ1v) is 12.0. The SMILES string of the molecule is O=C(CCc1ccccc1)Nc1ccc(C(=O)c2ccccc2)cc1NC(=O)CCc1ccccc1. The van der Waals surface area contributed by atoms with Gasteiger partial charge < -0.3 is 10.6 Å². The molecule has 5 nitrogen and oxygen atoms in total. The maximum Gasteiger partial charge on any atom is 0.224 e. The number of nitrogens with one attached hydrogen (secondary N) is 2. The number of hydrogen-bond donors (Lipinski definition) is 2. The van der Waals surface area contributed by atoms with Gasteiger partial charge in [-0.15, -0.1) is 0 Å². The average Bonchev–Trinajstić information content (AvgIpc) is 2.93. The number of benzene rings is 4. The van der Waals surface area contributed by atoms with E-state index in [4.69, 9.17) is 0 Å². The van der Waals surface area contributed by atoms with Crippen molar-refractivity contribution in [2.75, 3.05) is 10.6 Å². The monoisotopic (exact) mass is 476 g/mol. The van der Waals surface area contributed by atoms with Gasteiger partial charge in [0.2, 0.25) is 11.8 Å². The van der Waals surface area contributed by atoms with Crippen LogP contribution < -0.4 is 10.6 Å². The van der Waals surface area contributed by atoms with Crippen LogP contribution >= 0.6 is 0 Å². The van der Waals surface area contributed by atoms with E-state index in [9.17, 15) is 14.4 Å². The molecule has 180 valence electrons. The molecule has 0 fully saturated rings. The van der Waals surface area contributed by atoms with E-state index in [1.54, 1.807) is 42.5 Å². The van der Waals surface area contributed by atoms with Crippen LogP contribution in [-0.4, -0.2) is 17.6 Å². The highest BCUT2D eigenvalue weighted by Crippen LogP contribution is 2.26. The van der Waals surface area contributed by atoms with Gasteiger partial charge in [-0.05, 0) is 42.2 Å². The summed E-state index contributed by atoms with van der Waals surface area (Å²) in [4.78, 5) is 38.4. The summed E-state index contributed by atoms with van der Waals surface area (Å²) in [5.41, 5.74) is 4.00. The van der Waals surface area contributed by atoms with E-state index in [0.717, 1.165) is 11.1 Å². The molecule has 0 radical (unpaired) electrons. The molecule has 0 saturated heterocycles. The highest BCUT2D eigenvalue weighted by atomic mass is 16.2. The minimum Gasteiger partial charge on any atom is -0.324 e. The fourth-order valence-electron chi connectivity index (χ4n) is 3.88. The Bertz CT molecular complexity index is 1320. The molecule has 0 spiro atoms. The Morgan fingerprint density at radius 3 is 1.50 bits per heavy atom. The molecule has 5 heteroatoms. The zero-order chi connectivity index (χ0) is 25.2. The Kier molecular flexibility index (Phi) is 8.39. The van der Waals surface area contributed by atoms with E-state index in [0.29, 0.717) is 41.8 Å². The van der Waals surface area contributed by atoms with Crippen LogP contribution in [0.25, 0.3) is 0 Å². The summed E-state index contributed by atoms with van der Waals surface area (Å²) < 4.78 is 0. The zero-order valence-electron chi connectivity index (χ0n) is 19.9. The summed E-state index contributed by atoms with van der Waals surface area (Å²) in [6, 6.07) is 33.5. The Morgan fingerprint density at radius 2 is 0.972 bits per heavy atom. The number of rotatable bonds is 10. The van der Waals surface area contributed by atoms with Gasteiger partial charge in [0, 0.05) is 24.0 Å². The second kappa shape index (κ2) is 12.3. The molecule has 0 saturated carbocycles.